The number of carbonyl (C=O) groups excluding carboxylic acids is 1. The molecule has 2 fully saturated rings. The number of hydrogen-bond donors (Lipinski definition) is 1. The predicted octanol–water partition coefficient (Wildman–Crippen LogP) is 0.826. The van der Waals surface area contributed by atoms with Crippen molar-refractivity contribution in [2.75, 3.05) is 12.3 Å². The highest BCUT2D eigenvalue weighted by Crippen LogP contribution is 2.52. The minimum absolute atomic E-state index is 0.0855. The Hall–Kier alpha value is -0.360. The molecule has 0 aromatic rings. The van der Waals surface area contributed by atoms with Gasteiger partial charge in [0.1, 0.15) is 0 Å². The van der Waals surface area contributed by atoms with Gasteiger partial charge in [-0.15, -0.1) is 23.5 Å². The fourth-order valence-electron chi connectivity index (χ4n) is 1.69. The van der Waals surface area contributed by atoms with Gasteiger partial charge in [-0.05, 0) is 5.75 Å². The van der Waals surface area contributed by atoms with Gasteiger partial charge in [0.2, 0.25) is 5.91 Å². The molecular weight excluding hydrogens is 222 g/mol. The van der Waals surface area contributed by atoms with Crippen LogP contribution in [-0.4, -0.2) is 43.6 Å². The van der Waals surface area contributed by atoms with Crippen LogP contribution in [0.4, 0.5) is 0 Å². The molecule has 4 nitrogen and oxygen atoms in total. The van der Waals surface area contributed by atoms with Crippen LogP contribution >= 0.6 is 23.5 Å². The van der Waals surface area contributed by atoms with Crippen LogP contribution in [0.5, 0.6) is 0 Å². The number of amides is 1. The lowest BCUT2D eigenvalue weighted by molar-refractivity contribution is -0.142. The number of carbonyl (C=O) groups is 2. The molecule has 1 N–H and O–H groups in total. The molecule has 0 radical (unpaired) electrons. The van der Waals surface area contributed by atoms with E-state index >= 15 is 0 Å². The Morgan fingerprint density at radius 3 is 3.00 bits per heavy atom. The van der Waals surface area contributed by atoms with Crippen molar-refractivity contribution in [1.82, 2.24) is 4.90 Å². The summed E-state index contributed by atoms with van der Waals surface area (Å²) in [4.78, 5) is 24.0. The van der Waals surface area contributed by atoms with Crippen molar-refractivity contribution in [3.8, 4) is 0 Å². The van der Waals surface area contributed by atoms with Crippen LogP contribution in [0.25, 0.3) is 0 Å². The molecule has 2 heterocycles. The third-order valence-electron chi connectivity index (χ3n) is 2.43. The summed E-state index contributed by atoms with van der Waals surface area (Å²) in [7, 11) is 0. The van der Waals surface area contributed by atoms with Gasteiger partial charge >= 0.3 is 5.97 Å². The topological polar surface area (TPSA) is 57.6 Å². The average Bonchev–Trinajstić information content (AvgIpc) is 2.41. The third-order valence-corrected chi connectivity index (χ3v) is 5.50. The molecule has 0 bridgehead atoms. The number of β-lactam (4-membered cyclic amide) rings is 1. The van der Waals surface area contributed by atoms with Gasteiger partial charge in [-0.25, -0.2) is 4.79 Å². The van der Waals surface area contributed by atoms with Crippen molar-refractivity contribution >= 4 is 35.4 Å². The monoisotopic (exact) mass is 233 g/mol. The smallest absolute Gasteiger partial charge is 0.332 e. The maximum Gasteiger partial charge on any atom is 0.332 e. The van der Waals surface area contributed by atoms with E-state index in [1.165, 1.54) is 23.5 Å². The number of carboxylic acid groups (broad SMARTS) is 1. The van der Waals surface area contributed by atoms with E-state index in [-0.39, 0.29) is 11.3 Å². The maximum absolute atomic E-state index is 11.2. The molecule has 14 heavy (non-hydrogen) atoms. The van der Waals surface area contributed by atoms with Crippen molar-refractivity contribution in [3.05, 3.63) is 0 Å². The summed E-state index contributed by atoms with van der Waals surface area (Å²) in [5.74, 6) is 0.0347. The Balaban J connectivity index is 2.15. The molecular formula is C8H11NO3S2. The average molecular weight is 233 g/mol. The quantitative estimate of drug-likeness (QED) is 0.732. The summed E-state index contributed by atoms with van der Waals surface area (Å²) in [6.45, 7) is 2.29. The largest absolute Gasteiger partial charge is 0.480 e. The highest BCUT2D eigenvalue weighted by Gasteiger charge is 2.56. The van der Waals surface area contributed by atoms with E-state index < -0.39 is 10.0 Å². The van der Waals surface area contributed by atoms with Gasteiger partial charge in [0, 0.05) is 0 Å². The molecule has 6 heteroatoms. The third kappa shape index (κ3) is 1.32. The van der Waals surface area contributed by atoms with Gasteiger partial charge < -0.3 is 10.0 Å². The first-order chi connectivity index (χ1) is 6.59. The van der Waals surface area contributed by atoms with Gasteiger partial charge in [0.05, 0.1) is 18.3 Å². The first-order valence-electron chi connectivity index (χ1n) is 4.43. The number of hydrogen-bond acceptors (Lipinski definition) is 4. The summed E-state index contributed by atoms with van der Waals surface area (Å²) >= 11 is 2.83. The molecule has 0 aromatic carbocycles. The van der Waals surface area contributed by atoms with E-state index in [4.69, 9.17) is 5.11 Å². The van der Waals surface area contributed by atoms with Gasteiger partial charge in [-0.1, -0.05) is 6.92 Å². The second-order valence-corrected chi connectivity index (χ2v) is 6.59. The van der Waals surface area contributed by atoms with Crippen molar-refractivity contribution in [1.29, 1.82) is 0 Å². The predicted molar refractivity (Wildman–Crippen MR) is 56.2 cm³/mol. The number of carboxylic acids is 1. The van der Waals surface area contributed by atoms with E-state index in [0.717, 1.165) is 5.75 Å². The van der Waals surface area contributed by atoms with Crippen molar-refractivity contribution in [2.45, 2.75) is 22.8 Å². The van der Waals surface area contributed by atoms with Crippen LogP contribution < -0.4 is 0 Å². The number of nitrogens with zero attached hydrogens (tertiary/aromatic N) is 1. The van der Waals surface area contributed by atoms with Gasteiger partial charge in [0.15, 0.2) is 4.08 Å². The van der Waals surface area contributed by atoms with Crippen LogP contribution in [-0.2, 0) is 9.59 Å². The van der Waals surface area contributed by atoms with Gasteiger partial charge in [-0.2, -0.15) is 0 Å². The summed E-state index contributed by atoms with van der Waals surface area (Å²) in [6.07, 6.45) is 0.504. The SMILES string of the molecule is CCSC1(C(=O)O)CN2C(=O)C[C@H]2S1. The lowest BCUT2D eigenvalue weighted by Crippen LogP contribution is -2.48. The zero-order valence-corrected chi connectivity index (χ0v) is 9.36. The fourth-order valence-corrected chi connectivity index (χ4v) is 4.77. The molecule has 2 atom stereocenters. The molecule has 0 aromatic heterocycles. The zero-order valence-electron chi connectivity index (χ0n) is 7.73. The summed E-state index contributed by atoms with van der Waals surface area (Å²) in [6, 6.07) is 0. The second-order valence-electron chi connectivity index (χ2n) is 3.29. The van der Waals surface area contributed by atoms with E-state index in [1.54, 1.807) is 4.90 Å². The summed E-state index contributed by atoms with van der Waals surface area (Å²) in [5, 5.41) is 9.27. The fraction of sp³-hybridized carbons (Fsp3) is 0.750. The molecule has 2 saturated heterocycles. The summed E-state index contributed by atoms with van der Waals surface area (Å²) < 4.78 is -0.814. The Kier molecular flexibility index (Phi) is 2.43. The lowest BCUT2D eigenvalue weighted by atomic mass is 10.2. The van der Waals surface area contributed by atoms with Crippen LogP contribution in [0.2, 0.25) is 0 Å². The van der Waals surface area contributed by atoms with E-state index in [1.807, 2.05) is 6.92 Å². The normalized spacial score (nSPS) is 35.4. The van der Waals surface area contributed by atoms with E-state index in [9.17, 15) is 9.59 Å². The molecule has 2 rings (SSSR count). The highest BCUT2D eigenvalue weighted by atomic mass is 32.2. The Bertz CT molecular complexity index is 296. The van der Waals surface area contributed by atoms with Crippen molar-refractivity contribution in [3.63, 3.8) is 0 Å². The van der Waals surface area contributed by atoms with Crippen LogP contribution in [0.15, 0.2) is 0 Å². The van der Waals surface area contributed by atoms with E-state index in [2.05, 4.69) is 0 Å². The summed E-state index contributed by atoms with van der Waals surface area (Å²) in [5.41, 5.74) is 0. The number of aliphatic carboxylic acids is 1. The Morgan fingerprint density at radius 1 is 1.86 bits per heavy atom. The first kappa shape index (κ1) is 10.2. The van der Waals surface area contributed by atoms with Crippen molar-refractivity contribution < 1.29 is 14.7 Å². The minimum atomic E-state index is -0.814. The molecule has 1 unspecified atom stereocenters. The maximum atomic E-state index is 11.2. The Labute approximate surface area is 90.4 Å². The minimum Gasteiger partial charge on any atom is -0.480 e. The van der Waals surface area contributed by atoms with Gasteiger partial charge in [-0.3, -0.25) is 4.79 Å². The first-order valence-corrected chi connectivity index (χ1v) is 6.30. The molecule has 1 amide bonds. The highest BCUT2D eigenvalue weighted by molar-refractivity contribution is 8.19. The molecule has 0 saturated carbocycles. The number of thioether (sulfide) groups is 2. The molecule has 0 spiro atoms. The number of fused-ring (bicyclic) bond motifs is 1. The van der Waals surface area contributed by atoms with Crippen molar-refractivity contribution in [2.24, 2.45) is 0 Å². The Morgan fingerprint density at radius 2 is 2.57 bits per heavy atom. The van der Waals surface area contributed by atoms with Crippen LogP contribution in [0, 0.1) is 0 Å². The molecule has 0 aliphatic carbocycles. The molecule has 2 aliphatic rings. The number of rotatable bonds is 3. The zero-order chi connectivity index (χ0) is 10.3. The van der Waals surface area contributed by atoms with Crippen LogP contribution in [0.3, 0.4) is 0 Å². The molecule has 2 aliphatic heterocycles. The van der Waals surface area contributed by atoms with Gasteiger partial charge in [0.25, 0.3) is 0 Å². The molecule has 78 valence electrons. The second kappa shape index (κ2) is 3.34. The van der Waals surface area contributed by atoms with E-state index in [0.29, 0.717) is 13.0 Å². The lowest BCUT2D eigenvalue weighted by Gasteiger charge is -2.32. The van der Waals surface area contributed by atoms with Crippen LogP contribution in [0.1, 0.15) is 13.3 Å². The standard InChI is InChI=1S/C8H11NO3S2/c1-2-13-8(7(11)12)4-9-5(10)3-6(9)14-8/h6H,2-4H2,1H3,(H,11,12)/t6-,8?/m1/s1.